The number of primary amides is 1. The molecule has 0 bridgehead atoms. The SMILES string of the molecule is CC(NC(=O)COC(=O)c1ccccc1OCC(N)=O)c1cccc2ccccc12. The Hall–Kier alpha value is -3.87. The van der Waals surface area contributed by atoms with Crippen molar-refractivity contribution in [3.63, 3.8) is 0 Å². The Morgan fingerprint density at radius 3 is 2.43 bits per heavy atom. The molecular formula is C23H22N2O5. The molecule has 7 nitrogen and oxygen atoms in total. The molecule has 3 N–H and O–H groups in total. The fourth-order valence-corrected chi connectivity index (χ4v) is 3.11. The van der Waals surface area contributed by atoms with Gasteiger partial charge < -0.3 is 20.5 Å². The number of esters is 1. The van der Waals surface area contributed by atoms with Crippen molar-refractivity contribution in [2.24, 2.45) is 5.73 Å². The lowest BCUT2D eigenvalue weighted by atomic mass is 10.00. The molecule has 2 amide bonds. The Morgan fingerprint density at radius 1 is 0.933 bits per heavy atom. The molecule has 0 saturated heterocycles. The average molecular weight is 406 g/mol. The zero-order valence-corrected chi connectivity index (χ0v) is 16.5. The number of nitrogens with two attached hydrogens (primary N) is 1. The number of benzene rings is 3. The van der Waals surface area contributed by atoms with E-state index in [1.165, 1.54) is 12.1 Å². The zero-order chi connectivity index (χ0) is 21.5. The zero-order valence-electron chi connectivity index (χ0n) is 16.5. The van der Waals surface area contributed by atoms with Gasteiger partial charge in [-0.3, -0.25) is 9.59 Å². The van der Waals surface area contributed by atoms with Crippen molar-refractivity contribution < 1.29 is 23.9 Å². The largest absolute Gasteiger partial charge is 0.483 e. The summed E-state index contributed by atoms with van der Waals surface area (Å²) in [6.07, 6.45) is 0. The number of amides is 2. The van der Waals surface area contributed by atoms with Gasteiger partial charge in [0.25, 0.3) is 11.8 Å². The van der Waals surface area contributed by atoms with Crippen LogP contribution in [0.3, 0.4) is 0 Å². The van der Waals surface area contributed by atoms with Crippen LogP contribution >= 0.6 is 0 Å². The van der Waals surface area contributed by atoms with E-state index in [9.17, 15) is 14.4 Å². The average Bonchev–Trinajstić information content (AvgIpc) is 2.75. The van der Waals surface area contributed by atoms with E-state index in [-0.39, 0.29) is 24.0 Å². The summed E-state index contributed by atoms with van der Waals surface area (Å²) >= 11 is 0. The van der Waals surface area contributed by atoms with E-state index < -0.39 is 24.4 Å². The summed E-state index contributed by atoms with van der Waals surface area (Å²) in [5.41, 5.74) is 6.14. The number of rotatable bonds is 8. The molecule has 0 aliphatic carbocycles. The number of hydrogen-bond acceptors (Lipinski definition) is 5. The molecule has 0 aliphatic heterocycles. The van der Waals surface area contributed by atoms with E-state index in [0.717, 1.165) is 16.3 Å². The van der Waals surface area contributed by atoms with Gasteiger partial charge in [0.15, 0.2) is 13.2 Å². The van der Waals surface area contributed by atoms with Crippen molar-refractivity contribution in [2.75, 3.05) is 13.2 Å². The molecule has 0 saturated carbocycles. The lowest BCUT2D eigenvalue weighted by Crippen LogP contribution is -2.31. The predicted octanol–water partition coefficient (Wildman–Crippen LogP) is 2.74. The first-order valence-electron chi connectivity index (χ1n) is 9.40. The molecule has 0 fully saturated rings. The summed E-state index contributed by atoms with van der Waals surface area (Å²) in [6, 6.07) is 19.8. The van der Waals surface area contributed by atoms with E-state index in [1.807, 2.05) is 49.4 Å². The topological polar surface area (TPSA) is 108 Å². The van der Waals surface area contributed by atoms with Gasteiger partial charge in [-0.25, -0.2) is 4.79 Å². The highest BCUT2D eigenvalue weighted by Crippen LogP contribution is 2.24. The highest BCUT2D eigenvalue weighted by atomic mass is 16.5. The highest BCUT2D eigenvalue weighted by Gasteiger charge is 2.17. The molecule has 3 rings (SSSR count). The number of ether oxygens (including phenoxy) is 2. The number of fused-ring (bicyclic) bond motifs is 1. The summed E-state index contributed by atoms with van der Waals surface area (Å²) < 4.78 is 10.3. The van der Waals surface area contributed by atoms with Crippen molar-refractivity contribution in [1.29, 1.82) is 0 Å². The second kappa shape index (κ2) is 9.56. The smallest absolute Gasteiger partial charge is 0.342 e. The summed E-state index contributed by atoms with van der Waals surface area (Å²) in [6.45, 7) is 1.06. The molecule has 3 aromatic rings. The van der Waals surface area contributed by atoms with Gasteiger partial charge in [0.2, 0.25) is 0 Å². The van der Waals surface area contributed by atoms with Crippen LogP contribution in [-0.2, 0) is 14.3 Å². The van der Waals surface area contributed by atoms with E-state index in [2.05, 4.69) is 5.32 Å². The first-order valence-corrected chi connectivity index (χ1v) is 9.40. The third-order valence-electron chi connectivity index (χ3n) is 4.48. The second-order valence-corrected chi connectivity index (χ2v) is 6.68. The fraction of sp³-hybridized carbons (Fsp3) is 0.174. The maximum absolute atomic E-state index is 12.3. The van der Waals surface area contributed by atoms with Crippen molar-refractivity contribution in [3.8, 4) is 5.75 Å². The third-order valence-corrected chi connectivity index (χ3v) is 4.48. The van der Waals surface area contributed by atoms with Crippen molar-refractivity contribution in [3.05, 3.63) is 77.9 Å². The van der Waals surface area contributed by atoms with Crippen LogP contribution in [0.5, 0.6) is 5.75 Å². The summed E-state index contributed by atoms with van der Waals surface area (Å²) in [7, 11) is 0. The predicted molar refractivity (Wildman–Crippen MR) is 112 cm³/mol. The van der Waals surface area contributed by atoms with Gasteiger partial charge >= 0.3 is 5.97 Å². The van der Waals surface area contributed by atoms with Crippen LogP contribution in [0.2, 0.25) is 0 Å². The van der Waals surface area contributed by atoms with Gasteiger partial charge in [0.1, 0.15) is 11.3 Å². The van der Waals surface area contributed by atoms with Crippen molar-refractivity contribution in [2.45, 2.75) is 13.0 Å². The molecular weight excluding hydrogens is 384 g/mol. The Labute approximate surface area is 173 Å². The van der Waals surface area contributed by atoms with Crippen LogP contribution < -0.4 is 15.8 Å². The molecule has 1 unspecified atom stereocenters. The number of para-hydroxylation sites is 1. The lowest BCUT2D eigenvalue weighted by molar-refractivity contribution is -0.124. The van der Waals surface area contributed by atoms with E-state index in [4.69, 9.17) is 15.2 Å². The maximum Gasteiger partial charge on any atom is 0.342 e. The molecule has 0 aromatic heterocycles. The monoisotopic (exact) mass is 406 g/mol. The van der Waals surface area contributed by atoms with Crippen LogP contribution in [0.25, 0.3) is 10.8 Å². The van der Waals surface area contributed by atoms with Crippen LogP contribution in [0.1, 0.15) is 28.9 Å². The quantitative estimate of drug-likeness (QED) is 0.559. The van der Waals surface area contributed by atoms with Gasteiger partial charge in [-0.2, -0.15) is 0 Å². The Morgan fingerprint density at radius 2 is 1.63 bits per heavy atom. The number of carbonyl (C=O) groups excluding carboxylic acids is 3. The number of hydrogen-bond donors (Lipinski definition) is 2. The van der Waals surface area contributed by atoms with Crippen LogP contribution in [0.4, 0.5) is 0 Å². The fourth-order valence-electron chi connectivity index (χ4n) is 3.11. The molecule has 3 aromatic carbocycles. The van der Waals surface area contributed by atoms with Gasteiger partial charge in [0.05, 0.1) is 6.04 Å². The first-order chi connectivity index (χ1) is 14.5. The minimum atomic E-state index is -0.733. The standard InChI is InChI=1S/C23H22N2O5/c1-15(17-11-6-8-16-7-2-3-9-18(16)17)25-22(27)14-30-23(28)19-10-4-5-12-20(19)29-13-21(24)26/h2-12,15H,13-14H2,1H3,(H2,24,26)(H,25,27). The summed E-state index contributed by atoms with van der Waals surface area (Å²) in [5.74, 6) is -1.67. The minimum Gasteiger partial charge on any atom is -0.483 e. The molecule has 154 valence electrons. The number of carbonyl (C=O) groups is 3. The third kappa shape index (κ3) is 5.14. The van der Waals surface area contributed by atoms with Gasteiger partial charge in [-0.05, 0) is 35.4 Å². The first kappa shape index (κ1) is 20.9. The molecule has 7 heteroatoms. The maximum atomic E-state index is 12.3. The Balaban J connectivity index is 1.61. The van der Waals surface area contributed by atoms with Gasteiger partial charge in [-0.15, -0.1) is 0 Å². The molecule has 0 heterocycles. The summed E-state index contributed by atoms with van der Waals surface area (Å²) in [5, 5.41) is 4.97. The lowest BCUT2D eigenvalue weighted by Gasteiger charge is -2.17. The van der Waals surface area contributed by atoms with Crippen LogP contribution in [0, 0.1) is 0 Å². The Bertz CT molecular complexity index is 1070. The highest BCUT2D eigenvalue weighted by molar-refractivity contribution is 5.94. The second-order valence-electron chi connectivity index (χ2n) is 6.68. The van der Waals surface area contributed by atoms with Gasteiger partial charge in [0, 0.05) is 0 Å². The van der Waals surface area contributed by atoms with Crippen LogP contribution in [-0.4, -0.2) is 31.0 Å². The van der Waals surface area contributed by atoms with Crippen molar-refractivity contribution >= 4 is 28.6 Å². The van der Waals surface area contributed by atoms with Crippen molar-refractivity contribution in [1.82, 2.24) is 5.32 Å². The Kier molecular flexibility index (Phi) is 6.64. The molecule has 0 aliphatic rings. The molecule has 30 heavy (non-hydrogen) atoms. The summed E-state index contributed by atoms with van der Waals surface area (Å²) in [4.78, 5) is 35.6. The number of nitrogens with one attached hydrogen (secondary N) is 1. The minimum absolute atomic E-state index is 0.105. The van der Waals surface area contributed by atoms with E-state index in [1.54, 1.807) is 12.1 Å². The van der Waals surface area contributed by atoms with E-state index >= 15 is 0 Å². The normalized spacial score (nSPS) is 11.5. The van der Waals surface area contributed by atoms with Crippen LogP contribution in [0.15, 0.2) is 66.7 Å². The molecule has 1 atom stereocenters. The molecule has 0 spiro atoms. The van der Waals surface area contributed by atoms with Gasteiger partial charge in [-0.1, -0.05) is 54.6 Å². The molecule has 0 radical (unpaired) electrons. The van der Waals surface area contributed by atoms with E-state index in [0.29, 0.717) is 0 Å².